The molecule has 0 unspecified atom stereocenters. The van der Waals surface area contributed by atoms with E-state index in [1.807, 2.05) is 13.0 Å². The van der Waals surface area contributed by atoms with Crippen molar-refractivity contribution in [2.45, 2.75) is 32.4 Å². The van der Waals surface area contributed by atoms with Crippen molar-refractivity contribution in [1.29, 1.82) is 0 Å². The van der Waals surface area contributed by atoms with Crippen molar-refractivity contribution in [1.82, 2.24) is 9.97 Å². The van der Waals surface area contributed by atoms with Gasteiger partial charge in [-0.1, -0.05) is 6.92 Å². The molecule has 2 aromatic rings. The molecule has 0 radical (unpaired) electrons. The molecule has 0 aliphatic carbocycles. The van der Waals surface area contributed by atoms with Crippen LogP contribution in [0.1, 0.15) is 24.6 Å². The molecular formula is C12H15F3N4OS. The number of nitrogens with two attached hydrogens (primary N) is 1. The van der Waals surface area contributed by atoms with Crippen molar-refractivity contribution in [3.8, 4) is 5.88 Å². The van der Waals surface area contributed by atoms with Crippen molar-refractivity contribution in [3.63, 3.8) is 0 Å². The predicted molar refractivity (Wildman–Crippen MR) is 75.4 cm³/mol. The lowest BCUT2D eigenvalue weighted by Crippen LogP contribution is -2.12. The van der Waals surface area contributed by atoms with E-state index in [1.54, 1.807) is 0 Å². The standard InChI is InChI=1S/C12H15F3N4OS/c1-2-7-6-8-9(20-5-3-4-12(13,14)15)17-11(19-16)18-10(8)21-7/h6H,2-5,16H2,1H3,(H,17,18,19). The van der Waals surface area contributed by atoms with Gasteiger partial charge in [0.25, 0.3) is 0 Å². The van der Waals surface area contributed by atoms with Crippen molar-refractivity contribution >= 4 is 27.5 Å². The van der Waals surface area contributed by atoms with E-state index in [-0.39, 0.29) is 24.9 Å². The van der Waals surface area contributed by atoms with Crippen LogP contribution in [0, 0.1) is 0 Å². The Balaban J connectivity index is 2.15. The number of anilines is 1. The van der Waals surface area contributed by atoms with Gasteiger partial charge in [0.15, 0.2) is 0 Å². The average molecular weight is 320 g/mol. The molecule has 0 aromatic carbocycles. The maximum Gasteiger partial charge on any atom is 0.389 e. The molecule has 2 heterocycles. The van der Waals surface area contributed by atoms with Gasteiger partial charge in [0.2, 0.25) is 11.8 Å². The van der Waals surface area contributed by atoms with E-state index in [9.17, 15) is 13.2 Å². The summed E-state index contributed by atoms with van der Waals surface area (Å²) >= 11 is 1.48. The Morgan fingerprint density at radius 2 is 2.14 bits per heavy atom. The smallest absolute Gasteiger partial charge is 0.389 e. The summed E-state index contributed by atoms with van der Waals surface area (Å²) in [6.45, 7) is 1.94. The van der Waals surface area contributed by atoms with Crippen LogP contribution in [-0.4, -0.2) is 22.8 Å². The van der Waals surface area contributed by atoms with Crippen LogP contribution in [0.2, 0.25) is 0 Å². The second-order valence-electron chi connectivity index (χ2n) is 4.35. The summed E-state index contributed by atoms with van der Waals surface area (Å²) in [6, 6.07) is 1.89. The van der Waals surface area contributed by atoms with Gasteiger partial charge in [0, 0.05) is 11.3 Å². The lowest BCUT2D eigenvalue weighted by atomic mass is 10.3. The van der Waals surface area contributed by atoms with Crippen molar-refractivity contribution in [2.24, 2.45) is 5.84 Å². The Hall–Kier alpha value is -1.61. The number of hydrogen-bond donors (Lipinski definition) is 2. The highest BCUT2D eigenvalue weighted by Crippen LogP contribution is 2.32. The predicted octanol–water partition coefficient (Wildman–Crippen LogP) is 3.26. The molecule has 9 heteroatoms. The fourth-order valence-corrected chi connectivity index (χ4v) is 2.69. The van der Waals surface area contributed by atoms with Crippen LogP contribution in [0.25, 0.3) is 10.2 Å². The monoisotopic (exact) mass is 320 g/mol. The summed E-state index contributed by atoms with van der Waals surface area (Å²) in [6.07, 6.45) is -4.34. The van der Waals surface area contributed by atoms with Gasteiger partial charge in [-0.15, -0.1) is 11.3 Å². The van der Waals surface area contributed by atoms with Gasteiger partial charge in [0.05, 0.1) is 12.0 Å². The van der Waals surface area contributed by atoms with Crippen LogP contribution in [0.5, 0.6) is 5.88 Å². The number of rotatable bonds is 6. The topological polar surface area (TPSA) is 73.1 Å². The third kappa shape index (κ3) is 4.18. The number of aryl methyl sites for hydroxylation is 1. The molecule has 0 atom stereocenters. The maximum atomic E-state index is 12.1. The van der Waals surface area contributed by atoms with E-state index in [0.29, 0.717) is 10.2 Å². The molecule has 0 saturated heterocycles. The Labute approximate surface area is 123 Å². The zero-order valence-corrected chi connectivity index (χ0v) is 12.1. The molecule has 2 rings (SSSR count). The Morgan fingerprint density at radius 1 is 1.38 bits per heavy atom. The van der Waals surface area contributed by atoms with E-state index in [4.69, 9.17) is 10.6 Å². The second-order valence-corrected chi connectivity index (χ2v) is 5.46. The maximum absolute atomic E-state index is 12.1. The van der Waals surface area contributed by atoms with Gasteiger partial charge in [-0.05, 0) is 18.9 Å². The van der Waals surface area contributed by atoms with Gasteiger partial charge in [-0.3, -0.25) is 5.43 Å². The molecule has 0 spiro atoms. The van der Waals surface area contributed by atoms with Gasteiger partial charge in [-0.25, -0.2) is 10.8 Å². The number of nitrogens with zero attached hydrogens (tertiary/aromatic N) is 2. The number of nitrogens with one attached hydrogen (secondary N) is 1. The molecule has 0 saturated carbocycles. The van der Waals surface area contributed by atoms with Crippen molar-refractivity contribution in [2.75, 3.05) is 12.0 Å². The first kappa shape index (κ1) is 15.8. The number of aromatic nitrogens is 2. The quantitative estimate of drug-likeness (QED) is 0.485. The second kappa shape index (κ2) is 6.44. The summed E-state index contributed by atoms with van der Waals surface area (Å²) in [5.74, 6) is 5.72. The van der Waals surface area contributed by atoms with E-state index in [0.717, 1.165) is 11.3 Å². The number of hydrazine groups is 1. The van der Waals surface area contributed by atoms with Crippen LogP contribution < -0.4 is 16.0 Å². The van der Waals surface area contributed by atoms with Crippen LogP contribution in [0.15, 0.2) is 6.07 Å². The summed E-state index contributed by atoms with van der Waals surface area (Å²) in [5.41, 5.74) is 2.33. The fraction of sp³-hybridized carbons (Fsp3) is 0.500. The third-order valence-electron chi connectivity index (χ3n) is 2.73. The molecule has 0 aliphatic rings. The highest BCUT2D eigenvalue weighted by atomic mass is 32.1. The SMILES string of the molecule is CCc1cc2c(OCCCC(F)(F)F)nc(NN)nc2s1. The van der Waals surface area contributed by atoms with Crippen LogP contribution in [0.3, 0.4) is 0 Å². The van der Waals surface area contributed by atoms with Crippen LogP contribution in [0.4, 0.5) is 19.1 Å². The highest BCUT2D eigenvalue weighted by Gasteiger charge is 2.26. The summed E-state index contributed by atoms with van der Waals surface area (Å²) in [5, 5.41) is 0.697. The molecule has 0 amide bonds. The van der Waals surface area contributed by atoms with Gasteiger partial charge in [0.1, 0.15) is 4.83 Å². The van der Waals surface area contributed by atoms with Gasteiger partial charge in [-0.2, -0.15) is 18.2 Å². The normalized spacial score (nSPS) is 11.9. The average Bonchev–Trinajstić information content (AvgIpc) is 2.85. The lowest BCUT2D eigenvalue weighted by molar-refractivity contribution is -0.136. The number of fused-ring (bicyclic) bond motifs is 1. The Bertz CT molecular complexity index is 614. The molecular weight excluding hydrogens is 305 g/mol. The molecule has 0 aliphatic heterocycles. The summed E-state index contributed by atoms with van der Waals surface area (Å²) < 4.78 is 41.7. The number of hydrogen-bond acceptors (Lipinski definition) is 6. The van der Waals surface area contributed by atoms with E-state index >= 15 is 0 Å². The highest BCUT2D eigenvalue weighted by molar-refractivity contribution is 7.18. The number of thiophene rings is 1. The first-order chi connectivity index (χ1) is 9.93. The molecule has 21 heavy (non-hydrogen) atoms. The largest absolute Gasteiger partial charge is 0.477 e. The molecule has 2 aromatic heterocycles. The van der Waals surface area contributed by atoms with E-state index < -0.39 is 12.6 Å². The van der Waals surface area contributed by atoms with Gasteiger partial charge >= 0.3 is 6.18 Å². The van der Waals surface area contributed by atoms with E-state index in [2.05, 4.69) is 15.4 Å². The lowest BCUT2D eigenvalue weighted by Gasteiger charge is -2.09. The summed E-state index contributed by atoms with van der Waals surface area (Å²) in [7, 11) is 0. The Morgan fingerprint density at radius 3 is 2.76 bits per heavy atom. The minimum atomic E-state index is -4.17. The zero-order chi connectivity index (χ0) is 15.5. The van der Waals surface area contributed by atoms with Crippen LogP contribution in [-0.2, 0) is 6.42 Å². The van der Waals surface area contributed by atoms with E-state index in [1.165, 1.54) is 11.3 Å². The number of ether oxygens (including phenoxy) is 1. The number of alkyl halides is 3. The number of nitrogen functional groups attached to an aromatic ring is 1. The molecule has 0 fully saturated rings. The van der Waals surface area contributed by atoms with Gasteiger partial charge < -0.3 is 4.74 Å². The van der Waals surface area contributed by atoms with Crippen molar-refractivity contribution in [3.05, 3.63) is 10.9 Å². The number of halogens is 3. The first-order valence-electron chi connectivity index (χ1n) is 6.39. The summed E-state index contributed by atoms with van der Waals surface area (Å²) in [4.78, 5) is 10.0. The molecule has 3 N–H and O–H groups in total. The zero-order valence-electron chi connectivity index (χ0n) is 11.3. The minimum Gasteiger partial charge on any atom is -0.477 e. The molecule has 116 valence electrons. The molecule has 5 nitrogen and oxygen atoms in total. The fourth-order valence-electron chi connectivity index (χ4n) is 1.74. The first-order valence-corrected chi connectivity index (χ1v) is 7.21. The molecule has 0 bridgehead atoms. The Kier molecular flexibility index (Phi) is 4.84. The van der Waals surface area contributed by atoms with Crippen molar-refractivity contribution < 1.29 is 17.9 Å². The third-order valence-corrected chi connectivity index (χ3v) is 3.90. The minimum absolute atomic E-state index is 0.0626. The van der Waals surface area contributed by atoms with Crippen LogP contribution >= 0.6 is 11.3 Å².